The van der Waals surface area contributed by atoms with Gasteiger partial charge >= 0.3 is 0 Å². The van der Waals surface area contributed by atoms with E-state index in [2.05, 4.69) is 31.5 Å². The summed E-state index contributed by atoms with van der Waals surface area (Å²) in [5.74, 6) is -0.879. The predicted molar refractivity (Wildman–Crippen MR) is 150 cm³/mol. The fourth-order valence-corrected chi connectivity index (χ4v) is 3.52. The van der Waals surface area contributed by atoms with Gasteiger partial charge in [-0.1, -0.05) is 20.3 Å². The highest BCUT2D eigenvalue weighted by molar-refractivity contribution is 7.70. The maximum atomic E-state index is 12.6. The average molecular weight is 571 g/mol. The Hall–Kier alpha value is -4.39. The zero-order valence-corrected chi connectivity index (χ0v) is 23.0. The maximum Gasteiger partial charge on any atom is 0.281 e. The Balaban J connectivity index is 1.77. The molecule has 3 amide bonds. The molecule has 2 aromatic rings. The molecule has 13 nitrogen and oxygen atoms in total. The van der Waals surface area contributed by atoms with E-state index in [1.165, 1.54) is 24.4 Å². The maximum absolute atomic E-state index is 12.6. The molecule has 0 fully saturated rings. The van der Waals surface area contributed by atoms with E-state index in [1.807, 2.05) is 6.29 Å². The predicted octanol–water partition coefficient (Wildman–Crippen LogP) is 1.44. The number of anilines is 2. The second-order valence-electron chi connectivity index (χ2n) is 9.03. The van der Waals surface area contributed by atoms with Crippen LogP contribution in [-0.4, -0.2) is 55.2 Å². The first-order valence-corrected chi connectivity index (χ1v) is 13.6. The average Bonchev–Trinajstić information content (AvgIpc) is 2.93. The largest absolute Gasteiger partial charge is 0.352 e. The van der Waals surface area contributed by atoms with Crippen molar-refractivity contribution in [3.8, 4) is 0 Å². The lowest BCUT2D eigenvalue weighted by atomic mass is 10.0. The van der Waals surface area contributed by atoms with Gasteiger partial charge in [0.2, 0.25) is 12.2 Å². The monoisotopic (exact) mass is 570 g/mol. The Morgan fingerprint density at radius 2 is 1.82 bits per heavy atom. The van der Waals surface area contributed by atoms with Crippen LogP contribution in [0.1, 0.15) is 65.8 Å². The van der Waals surface area contributed by atoms with Gasteiger partial charge < -0.3 is 21.7 Å². The van der Waals surface area contributed by atoms with E-state index in [0.717, 1.165) is 0 Å². The molecular weight excluding hydrogens is 538 g/mol. The number of nitrogens with one attached hydrogen (secondary N) is 4. The van der Waals surface area contributed by atoms with Gasteiger partial charge in [-0.3, -0.25) is 24.6 Å². The SMILES string of the molecule is CC(C)[C@H]([C]=O)NC(=O)c1cc(CN)cc(NC(=O)CCCCCNC(=O)c2ccc(NN=C=S(=O)=O)nc2)c1. The van der Waals surface area contributed by atoms with Gasteiger partial charge in [0.15, 0.2) is 0 Å². The van der Waals surface area contributed by atoms with Crippen LogP contribution in [0.5, 0.6) is 0 Å². The van der Waals surface area contributed by atoms with E-state index in [4.69, 9.17) is 5.73 Å². The smallest absolute Gasteiger partial charge is 0.281 e. The number of isothiocyanates is 1. The van der Waals surface area contributed by atoms with E-state index in [0.29, 0.717) is 42.6 Å². The standard InChI is InChI=1S/C26H32N7O6S/c1-17(2)22(15-34)32-26(37)20-10-18(13-27)11-21(12-20)31-24(35)6-4-3-5-9-28-25(36)19-7-8-23(29-14-19)33-30-16-40(38)39/h7-8,10-12,14,17,22H,3-6,9,13,27H2,1-2H3,(H,28,36)(H,29,33)(H,31,35)(H,32,37)/t22-/m0/s1. The minimum absolute atomic E-state index is 0.121. The van der Waals surface area contributed by atoms with Crippen molar-refractivity contribution in [1.29, 1.82) is 0 Å². The third-order valence-corrected chi connectivity index (χ3v) is 5.78. The molecule has 0 aliphatic rings. The Morgan fingerprint density at radius 3 is 2.45 bits per heavy atom. The first-order valence-electron chi connectivity index (χ1n) is 12.5. The van der Waals surface area contributed by atoms with Crippen molar-refractivity contribution >= 4 is 51.0 Å². The van der Waals surface area contributed by atoms with E-state index >= 15 is 0 Å². The molecule has 213 valence electrons. The van der Waals surface area contributed by atoms with Crippen LogP contribution in [0.2, 0.25) is 0 Å². The normalized spacial score (nSPS) is 11.1. The summed E-state index contributed by atoms with van der Waals surface area (Å²) in [7, 11) is -2.55. The summed E-state index contributed by atoms with van der Waals surface area (Å²) in [5, 5.41) is 13.3. The Labute approximate surface area is 233 Å². The van der Waals surface area contributed by atoms with Gasteiger partial charge in [0.1, 0.15) is 11.0 Å². The summed E-state index contributed by atoms with van der Waals surface area (Å²) < 4.78 is 20.7. The molecule has 6 N–H and O–H groups in total. The van der Waals surface area contributed by atoms with Crippen LogP contribution in [0.3, 0.4) is 0 Å². The number of aromatic nitrogens is 1. The number of rotatable bonds is 15. The summed E-state index contributed by atoms with van der Waals surface area (Å²) in [5.41, 5.74) is 9.80. The number of nitrogens with two attached hydrogens (primary N) is 1. The molecule has 1 heterocycles. The quantitative estimate of drug-likeness (QED) is 0.0909. The Kier molecular flexibility index (Phi) is 13.2. The summed E-state index contributed by atoms with van der Waals surface area (Å²) in [6.07, 6.45) is 5.32. The second-order valence-corrected chi connectivity index (χ2v) is 9.68. The van der Waals surface area contributed by atoms with Gasteiger partial charge in [0.25, 0.3) is 22.1 Å². The number of carbonyl (C=O) groups excluding carboxylic acids is 4. The lowest BCUT2D eigenvalue weighted by Crippen LogP contribution is -2.39. The van der Waals surface area contributed by atoms with Crippen molar-refractivity contribution in [3.63, 3.8) is 0 Å². The van der Waals surface area contributed by atoms with Crippen LogP contribution in [-0.2, 0) is 26.4 Å². The topological polar surface area (TPSA) is 202 Å². The van der Waals surface area contributed by atoms with Gasteiger partial charge in [-0.05, 0) is 54.7 Å². The van der Waals surface area contributed by atoms with E-state index in [1.54, 1.807) is 31.1 Å². The molecule has 1 aromatic heterocycles. The zero-order valence-electron chi connectivity index (χ0n) is 22.2. The molecule has 14 heteroatoms. The van der Waals surface area contributed by atoms with Crippen LogP contribution in [0.4, 0.5) is 11.5 Å². The summed E-state index contributed by atoms with van der Waals surface area (Å²) in [6.45, 7) is 4.16. The molecule has 0 saturated heterocycles. The molecule has 0 spiro atoms. The summed E-state index contributed by atoms with van der Waals surface area (Å²) in [4.78, 5) is 52.3. The van der Waals surface area contributed by atoms with E-state index in [9.17, 15) is 27.6 Å². The third kappa shape index (κ3) is 11.2. The number of hydrazone groups is 1. The van der Waals surface area contributed by atoms with E-state index in [-0.39, 0.29) is 42.1 Å². The van der Waals surface area contributed by atoms with Crippen molar-refractivity contribution in [2.45, 2.75) is 52.1 Å². The number of hydrogen-bond donors (Lipinski definition) is 5. The van der Waals surface area contributed by atoms with Gasteiger partial charge in [0.05, 0.1) is 11.6 Å². The van der Waals surface area contributed by atoms with Crippen LogP contribution in [0, 0.1) is 5.92 Å². The van der Waals surface area contributed by atoms with Gasteiger partial charge in [-0.15, -0.1) is 5.10 Å². The van der Waals surface area contributed by atoms with Crippen LogP contribution in [0.25, 0.3) is 0 Å². The first kappa shape index (κ1) is 31.8. The minimum Gasteiger partial charge on any atom is -0.352 e. The summed E-state index contributed by atoms with van der Waals surface area (Å²) >= 11 is 0. The van der Waals surface area contributed by atoms with E-state index < -0.39 is 22.2 Å². The molecule has 0 saturated carbocycles. The molecule has 0 aliphatic carbocycles. The molecule has 40 heavy (non-hydrogen) atoms. The number of carbonyl (C=O) groups is 3. The molecule has 0 aliphatic heterocycles. The van der Waals surface area contributed by atoms with Crippen molar-refractivity contribution in [1.82, 2.24) is 15.6 Å². The molecule has 1 atom stereocenters. The van der Waals surface area contributed by atoms with Crippen molar-refractivity contribution < 1.29 is 27.6 Å². The molecule has 2 rings (SSSR count). The minimum atomic E-state index is -2.55. The highest BCUT2D eigenvalue weighted by atomic mass is 32.2. The third-order valence-electron chi connectivity index (χ3n) is 5.54. The van der Waals surface area contributed by atoms with Crippen LogP contribution >= 0.6 is 0 Å². The van der Waals surface area contributed by atoms with Crippen LogP contribution in [0.15, 0.2) is 41.6 Å². The lowest BCUT2D eigenvalue weighted by Gasteiger charge is -2.16. The number of benzene rings is 1. The van der Waals surface area contributed by atoms with Crippen molar-refractivity contribution in [2.75, 3.05) is 17.3 Å². The fraction of sp³-hybridized carbons (Fsp3) is 0.385. The molecular formula is C26H32N7O6S. The molecule has 1 aromatic carbocycles. The Morgan fingerprint density at radius 1 is 1.05 bits per heavy atom. The molecule has 1 radical (unpaired) electrons. The van der Waals surface area contributed by atoms with Crippen molar-refractivity contribution in [3.05, 3.63) is 53.2 Å². The fourth-order valence-electron chi connectivity index (χ4n) is 3.40. The number of nitrogens with zero attached hydrogens (tertiary/aromatic N) is 2. The molecule has 0 bridgehead atoms. The van der Waals surface area contributed by atoms with Crippen molar-refractivity contribution in [2.24, 2.45) is 16.8 Å². The summed E-state index contributed by atoms with van der Waals surface area (Å²) in [6, 6.07) is 7.06. The highest BCUT2D eigenvalue weighted by Crippen LogP contribution is 2.17. The van der Waals surface area contributed by atoms with Gasteiger partial charge in [-0.25, -0.2) is 4.98 Å². The lowest BCUT2D eigenvalue weighted by molar-refractivity contribution is -0.116. The number of amides is 3. The number of unbranched alkanes of at least 4 members (excludes halogenated alkanes) is 2. The zero-order chi connectivity index (χ0) is 29.5. The second kappa shape index (κ2) is 16.5. The highest BCUT2D eigenvalue weighted by Gasteiger charge is 2.18. The van der Waals surface area contributed by atoms with Crippen LogP contribution < -0.4 is 27.1 Å². The molecule has 0 unspecified atom stereocenters. The number of pyridine rings is 1. The van der Waals surface area contributed by atoms with Gasteiger partial charge in [-0.2, -0.15) is 8.42 Å². The number of hydrogen-bond acceptors (Lipinski definition) is 10. The first-order chi connectivity index (χ1) is 19.1. The van der Waals surface area contributed by atoms with Gasteiger partial charge in [0, 0.05) is 37.0 Å². The Bertz CT molecular complexity index is 1360.